The zero-order valence-corrected chi connectivity index (χ0v) is 21.9. The van der Waals surface area contributed by atoms with Crippen molar-refractivity contribution in [3.63, 3.8) is 0 Å². The van der Waals surface area contributed by atoms with Crippen LogP contribution in [0.1, 0.15) is 41.4 Å². The molecule has 2 aliphatic heterocycles. The standard InChI is InChI=1S/C30H30F2N4O3/c1-17-11-21(19-4-6-26-27(14-19)34-18(2)33-26)12-22-16-35(9-10-39-29(17)22)30(38)36-8-7-23(37)15-28(36)20-3-5-24(31)25(32)13-20/h3-6,11-14,23,28,37H,7-10,15-16H2,1-2H3,(H,33,34). The van der Waals surface area contributed by atoms with Crippen LogP contribution in [-0.4, -0.2) is 56.7 Å². The maximum atomic E-state index is 14.1. The quantitative estimate of drug-likeness (QED) is 0.350. The summed E-state index contributed by atoms with van der Waals surface area (Å²) in [6.45, 7) is 5.31. The molecule has 0 radical (unpaired) electrons. The number of aliphatic hydroxyl groups excluding tert-OH is 1. The van der Waals surface area contributed by atoms with Crippen molar-refractivity contribution >= 4 is 17.1 Å². The van der Waals surface area contributed by atoms with E-state index in [1.54, 1.807) is 9.80 Å². The molecule has 202 valence electrons. The third-order valence-electron chi connectivity index (χ3n) is 7.67. The molecule has 7 nitrogen and oxygen atoms in total. The molecule has 0 saturated carbocycles. The number of benzene rings is 3. The molecule has 3 aromatic carbocycles. The van der Waals surface area contributed by atoms with E-state index in [0.717, 1.165) is 57.0 Å². The Kier molecular flexibility index (Phi) is 6.46. The van der Waals surface area contributed by atoms with Crippen molar-refractivity contribution in [1.29, 1.82) is 0 Å². The van der Waals surface area contributed by atoms with E-state index in [2.05, 4.69) is 28.2 Å². The van der Waals surface area contributed by atoms with Gasteiger partial charge in [0.2, 0.25) is 0 Å². The number of halogens is 2. The average molecular weight is 533 g/mol. The molecular weight excluding hydrogens is 502 g/mol. The van der Waals surface area contributed by atoms with Gasteiger partial charge in [0.1, 0.15) is 18.2 Å². The van der Waals surface area contributed by atoms with Crippen LogP contribution in [0.4, 0.5) is 13.6 Å². The van der Waals surface area contributed by atoms with Gasteiger partial charge in [-0.15, -0.1) is 0 Å². The number of urea groups is 1. The Hall–Kier alpha value is -3.98. The van der Waals surface area contributed by atoms with Crippen LogP contribution in [0.2, 0.25) is 0 Å². The summed E-state index contributed by atoms with van der Waals surface area (Å²) >= 11 is 0. The van der Waals surface area contributed by atoms with E-state index in [1.165, 1.54) is 6.07 Å². The third-order valence-corrected chi connectivity index (χ3v) is 7.67. The summed E-state index contributed by atoms with van der Waals surface area (Å²) in [6, 6.07) is 13.1. The number of carbonyl (C=O) groups excluding carboxylic acids is 1. The number of aromatic nitrogens is 2. The Morgan fingerprint density at radius 2 is 1.90 bits per heavy atom. The van der Waals surface area contributed by atoms with Crippen molar-refractivity contribution in [2.24, 2.45) is 0 Å². The fourth-order valence-corrected chi connectivity index (χ4v) is 5.75. The highest BCUT2D eigenvalue weighted by atomic mass is 19.2. The number of imidazole rings is 1. The van der Waals surface area contributed by atoms with Crippen LogP contribution >= 0.6 is 0 Å². The summed E-state index contributed by atoms with van der Waals surface area (Å²) in [6.07, 6.45) is 0.0592. The van der Waals surface area contributed by atoms with Crippen molar-refractivity contribution in [3.8, 4) is 16.9 Å². The van der Waals surface area contributed by atoms with Crippen molar-refractivity contribution in [3.05, 3.63) is 82.7 Å². The van der Waals surface area contributed by atoms with E-state index in [1.807, 2.05) is 26.0 Å². The van der Waals surface area contributed by atoms with Crippen molar-refractivity contribution in [2.75, 3.05) is 19.7 Å². The summed E-state index contributed by atoms with van der Waals surface area (Å²) < 4.78 is 33.8. The van der Waals surface area contributed by atoms with Crippen LogP contribution in [0.5, 0.6) is 5.75 Å². The van der Waals surface area contributed by atoms with E-state index in [-0.39, 0.29) is 12.5 Å². The lowest BCUT2D eigenvalue weighted by Gasteiger charge is -2.40. The number of likely N-dealkylation sites (tertiary alicyclic amines) is 1. The first-order valence-electron chi connectivity index (χ1n) is 13.2. The van der Waals surface area contributed by atoms with Gasteiger partial charge in [-0.1, -0.05) is 12.1 Å². The van der Waals surface area contributed by atoms with Crippen molar-refractivity contribution in [1.82, 2.24) is 19.8 Å². The SMILES string of the molecule is Cc1nc2ccc(-c3cc(C)c4c(c3)CN(C(=O)N3CCC(O)CC3c3ccc(F)c(F)c3)CCO4)cc2[nH]1. The maximum absolute atomic E-state index is 14.1. The molecule has 2 unspecified atom stereocenters. The average Bonchev–Trinajstić information content (AvgIpc) is 3.15. The normalized spacial score (nSPS) is 19.5. The lowest BCUT2D eigenvalue weighted by atomic mass is 9.93. The third kappa shape index (κ3) is 4.83. The largest absolute Gasteiger partial charge is 0.491 e. The summed E-state index contributed by atoms with van der Waals surface area (Å²) in [7, 11) is 0. The predicted octanol–water partition coefficient (Wildman–Crippen LogP) is 5.64. The fraction of sp³-hybridized carbons (Fsp3) is 0.333. The van der Waals surface area contributed by atoms with E-state index in [0.29, 0.717) is 38.2 Å². The maximum Gasteiger partial charge on any atom is 0.320 e. The molecule has 0 bridgehead atoms. The van der Waals surface area contributed by atoms with Gasteiger partial charge in [-0.3, -0.25) is 0 Å². The Bertz CT molecular complexity index is 1570. The number of aromatic amines is 1. The summed E-state index contributed by atoms with van der Waals surface area (Å²) in [5, 5.41) is 10.3. The second-order valence-electron chi connectivity index (χ2n) is 10.4. The smallest absolute Gasteiger partial charge is 0.320 e. The highest BCUT2D eigenvalue weighted by Gasteiger charge is 2.35. The van der Waals surface area contributed by atoms with Crippen molar-refractivity contribution < 1.29 is 23.4 Å². The molecule has 9 heteroatoms. The van der Waals surface area contributed by atoms with Crippen LogP contribution in [0, 0.1) is 25.5 Å². The van der Waals surface area contributed by atoms with Crippen LogP contribution < -0.4 is 4.74 Å². The highest BCUT2D eigenvalue weighted by Crippen LogP contribution is 2.36. The second kappa shape index (κ2) is 9.96. The number of nitrogens with one attached hydrogen (secondary N) is 1. The minimum absolute atomic E-state index is 0.217. The number of H-pyrrole nitrogens is 1. The number of piperidine rings is 1. The summed E-state index contributed by atoms with van der Waals surface area (Å²) in [5.74, 6) is -0.278. The predicted molar refractivity (Wildman–Crippen MR) is 143 cm³/mol. The summed E-state index contributed by atoms with van der Waals surface area (Å²) in [5.41, 5.74) is 6.26. The molecular formula is C30H30F2N4O3. The van der Waals surface area contributed by atoms with Gasteiger partial charge in [-0.2, -0.15) is 0 Å². The first kappa shape index (κ1) is 25.3. The molecule has 2 amide bonds. The Morgan fingerprint density at radius 1 is 1.05 bits per heavy atom. The minimum Gasteiger partial charge on any atom is -0.491 e. The van der Waals surface area contributed by atoms with Gasteiger partial charge < -0.3 is 24.6 Å². The van der Waals surface area contributed by atoms with Gasteiger partial charge in [0.15, 0.2) is 11.6 Å². The van der Waals surface area contributed by atoms with Crippen LogP contribution in [0.3, 0.4) is 0 Å². The van der Waals surface area contributed by atoms with Gasteiger partial charge in [-0.05, 0) is 85.3 Å². The van der Waals surface area contributed by atoms with Crippen LogP contribution in [-0.2, 0) is 6.54 Å². The Morgan fingerprint density at radius 3 is 2.72 bits per heavy atom. The number of amides is 2. The number of carbonyl (C=O) groups is 1. The zero-order valence-electron chi connectivity index (χ0n) is 21.9. The molecule has 6 rings (SSSR count). The minimum atomic E-state index is -0.969. The molecule has 0 aliphatic carbocycles. The molecule has 1 saturated heterocycles. The summed E-state index contributed by atoms with van der Waals surface area (Å²) in [4.78, 5) is 25.1. The van der Waals surface area contributed by atoms with Gasteiger partial charge >= 0.3 is 6.03 Å². The lowest BCUT2D eigenvalue weighted by Crippen LogP contribution is -2.49. The molecule has 2 atom stereocenters. The van der Waals surface area contributed by atoms with Gasteiger partial charge in [-0.25, -0.2) is 18.6 Å². The van der Waals surface area contributed by atoms with Crippen LogP contribution in [0.25, 0.3) is 22.2 Å². The fourth-order valence-electron chi connectivity index (χ4n) is 5.75. The van der Waals surface area contributed by atoms with E-state index < -0.39 is 23.8 Å². The molecule has 3 heterocycles. The van der Waals surface area contributed by atoms with E-state index in [4.69, 9.17) is 4.74 Å². The molecule has 0 spiro atoms. The Balaban J connectivity index is 1.30. The highest BCUT2D eigenvalue weighted by molar-refractivity contribution is 5.83. The number of hydrogen-bond acceptors (Lipinski definition) is 4. The number of ether oxygens (including phenoxy) is 1. The molecule has 4 aromatic rings. The van der Waals surface area contributed by atoms with E-state index >= 15 is 0 Å². The molecule has 39 heavy (non-hydrogen) atoms. The van der Waals surface area contributed by atoms with E-state index in [9.17, 15) is 18.7 Å². The zero-order chi connectivity index (χ0) is 27.3. The number of aliphatic hydroxyl groups is 1. The van der Waals surface area contributed by atoms with Crippen molar-refractivity contribution in [2.45, 2.75) is 45.4 Å². The first-order valence-corrected chi connectivity index (χ1v) is 13.2. The van der Waals surface area contributed by atoms with Gasteiger partial charge in [0, 0.05) is 12.1 Å². The molecule has 2 aliphatic rings. The molecule has 1 fully saturated rings. The lowest BCUT2D eigenvalue weighted by molar-refractivity contribution is 0.0455. The monoisotopic (exact) mass is 532 g/mol. The number of hydrogen-bond donors (Lipinski definition) is 2. The second-order valence-corrected chi connectivity index (χ2v) is 10.4. The number of aryl methyl sites for hydroxylation is 2. The number of nitrogens with zero attached hydrogens (tertiary/aromatic N) is 3. The van der Waals surface area contributed by atoms with Crippen LogP contribution in [0.15, 0.2) is 48.5 Å². The topological polar surface area (TPSA) is 81.7 Å². The van der Waals surface area contributed by atoms with Gasteiger partial charge in [0.05, 0.1) is 36.3 Å². The number of rotatable bonds is 2. The van der Waals surface area contributed by atoms with Gasteiger partial charge in [0.25, 0.3) is 0 Å². The molecule has 2 N–H and O–H groups in total. The first-order chi connectivity index (χ1) is 18.8. The Labute approximate surface area is 225 Å². The number of fused-ring (bicyclic) bond motifs is 2. The molecule has 1 aromatic heterocycles.